The Hall–Kier alpha value is -1.80. The molecule has 2 nitrogen and oxygen atoms in total. The van der Waals surface area contributed by atoms with Crippen molar-refractivity contribution in [3.8, 4) is 0 Å². The molecular weight excluding hydrogens is 232 g/mol. The first-order chi connectivity index (χ1) is 8.34. The predicted molar refractivity (Wildman–Crippen MR) is 70.4 cm³/mol. The van der Waals surface area contributed by atoms with Gasteiger partial charge in [-0.05, 0) is 17.7 Å². The van der Waals surface area contributed by atoms with Gasteiger partial charge in [0.05, 0.1) is 17.4 Å². The second kappa shape index (κ2) is 4.22. The van der Waals surface area contributed by atoms with Crippen molar-refractivity contribution in [2.75, 3.05) is 0 Å². The zero-order valence-electron chi connectivity index (χ0n) is 9.15. The molecule has 0 aliphatic carbocycles. The van der Waals surface area contributed by atoms with Gasteiger partial charge in [0.1, 0.15) is 0 Å². The molecule has 0 unspecified atom stereocenters. The summed E-state index contributed by atoms with van der Waals surface area (Å²) in [4.78, 5) is 7.44. The lowest BCUT2D eigenvalue weighted by molar-refractivity contribution is 1.20. The highest BCUT2D eigenvalue weighted by atomic mass is 35.5. The maximum atomic E-state index is 6.26. The van der Waals surface area contributed by atoms with E-state index in [0.717, 1.165) is 28.0 Å². The molecule has 17 heavy (non-hydrogen) atoms. The number of halogens is 1. The summed E-state index contributed by atoms with van der Waals surface area (Å²) in [6, 6.07) is 14.2. The highest BCUT2D eigenvalue weighted by molar-refractivity contribution is 6.32. The van der Waals surface area contributed by atoms with Crippen LogP contribution >= 0.6 is 11.6 Å². The van der Waals surface area contributed by atoms with Crippen molar-refractivity contribution in [1.29, 1.82) is 0 Å². The number of aromatic amines is 1. The molecule has 84 valence electrons. The molecule has 0 fully saturated rings. The first-order valence-electron chi connectivity index (χ1n) is 5.49. The van der Waals surface area contributed by atoms with Crippen molar-refractivity contribution >= 4 is 22.6 Å². The standard InChI is InChI=1S/C14H11ClN2/c15-12-6-7-13-14(17-9-16-13)11(12)8-10-4-2-1-3-5-10/h1-7,9H,8H2,(H,16,17). The average Bonchev–Trinajstić information content (AvgIpc) is 2.83. The van der Waals surface area contributed by atoms with Gasteiger partial charge in [0.25, 0.3) is 0 Å². The number of H-pyrrole nitrogens is 1. The van der Waals surface area contributed by atoms with Gasteiger partial charge in [-0.3, -0.25) is 0 Å². The molecule has 1 heterocycles. The highest BCUT2D eigenvalue weighted by Gasteiger charge is 2.08. The van der Waals surface area contributed by atoms with Crippen LogP contribution in [0.15, 0.2) is 48.8 Å². The molecule has 0 saturated heterocycles. The third-order valence-electron chi connectivity index (χ3n) is 2.86. The first kappa shape index (κ1) is 10.4. The number of benzene rings is 2. The normalized spacial score (nSPS) is 10.9. The fourth-order valence-corrected chi connectivity index (χ4v) is 2.23. The van der Waals surface area contributed by atoms with Crippen LogP contribution in [0.5, 0.6) is 0 Å². The zero-order valence-corrected chi connectivity index (χ0v) is 9.91. The lowest BCUT2D eigenvalue weighted by Gasteiger charge is -2.05. The number of nitrogens with one attached hydrogen (secondary N) is 1. The SMILES string of the molecule is Clc1ccc2[nH]cnc2c1Cc1ccccc1. The maximum absolute atomic E-state index is 6.26. The fourth-order valence-electron chi connectivity index (χ4n) is 2.01. The van der Waals surface area contributed by atoms with E-state index in [1.807, 2.05) is 30.3 Å². The molecule has 0 aliphatic rings. The van der Waals surface area contributed by atoms with Gasteiger partial charge < -0.3 is 4.98 Å². The van der Waals surface area contributed by atoms with E-state index in [1.165, 1.54) is 5.56 Å². The summed E-state index contributed by atoms with van der Waals surface area (Å²) >= 11 is 6.26. The molecule has 0 saturated carbocycles. The van der Waals surface area contributed by atoms with Crippen LogP contribution in [0.4, 0.5) is 0 Å². The topological polar surface area (TPSA) is 28.7 Å². The number of rotatable bonds is 2. The molecular formula is C14H11ClN2. The van der Waals surface area contributed by atoms with E-state index >= 15 is 0 Å². The van der Waals surface area contributed by atoms with Crippen LogP contribution in [0.2, 0.25) is 5.02 Å². The van der Waals surface area contributed by atoms with Crippen LogP contribution < -0.4 is 0 Å². The Labute approximate surface area is 104 Å². The Bertz CT molecular complexity index is 644. The van der Waals surface area contributed by atoms with Crippen molar-refractivity contribution in [3.05, 3.63) is 64.9 Å². The van der Waals surface area contributed by atoms with Crippen molar-refractivity contribution in [2.24, 2.45) is 0 Å². The van der Waals surface area contributed by atoms with Crippen LogP contribution in [0.3, 0.4) is 0 Å². The Morgan fingerprint density at radius 3 is 2.71 bits per heavy atom. The fraction of sp³-hybridized carbons (Fsp3) is 0.0714. The maximum Gasteiger partial charge on any atom is 0.0932 e. The number of aromatic nitrogens is 2. The van der Waals surface area contributed by atoms with Gasteiger partial charge in [-0.15, -0.1) is 0 Å². The van der Waals surface area contributed by atoms with E-state index in [0.29, 0.717) is 0 Å². The van der Waals surface area contributed by atoms with Crippen LogP contribution in [-0.4, -0.2) is 9.97 Å². The minimum Gasteiger partial charge on any atom is -0.345 e. The molecule has 0 radical (unpaired) electrons. The van der Waals surface area contributed by atoms with Gasteiger partial charge >= 0.3 is 0 Å². The van der Waals surface area contributed by atoms with Gasteiger partial charge in [0, 0.05) is 17.0 Å². The average molecular weight is 243 g/mol. The third kappa shape index (κ3) is 1.92. The van der Waals surface area contributed by atoms with Crippen LogP contribution in [-0.2, 0) is 6.42 Å². The van der Waals surface area contributed by atoms with E-state index in [-0.39, 0.29) is 0 Å². The van der Waals surface area contributed by atoms with Crippen LogP contribution in [0.25, 0.3) is 11.0 Å². The van der Waals surface area contributed by atoms with Crippen LogP contribution in [0.1, 0.15) is 11.1 Å². The lowest BCUT2D eigenvalue weighted by Crippen LogP contribution is -1.91. The smallest absolute Gasteiger partial charge is 0.0932 e. The first-order valence-corrected chi connectivity index (χ1v) is 5.87. The van der Waals surface area contributed by atoms with Gasteiger partial charge in [-0.2, -0.15) is 0 Å². The Morgan fingerprint density at radius 2 is 1.88 bits per heavy atom. The molecule has 3 rings (SSSR count). The third-order valence-corrected chi connectivity index (χ3v) is 3.22. The summed E-state index contributed by atoms with van der Waals surface area (Å²) in [5, 5.41) is 0.772. The number of nitrogens with zero attached hydrogens (tertiary/aromatic N) is 1. The van der Waals surface area contributed by atoms with Crippen molar-refractivity contribution in [2.45, 2.75) is 6.42 Å². The van der Waals surface area contributed by atoms with E-state index in [9.17, 15) is 0 Å². The molecule has 1 aromatic heterocycles. The van der Waals surface area contributed by atoms with Gasteiger partial charge in [0.15, 0.2) is 0 Å². The highest BCUT2D eigenvalue weighted by Crippen LogP contribution is 2.26. The van der Waals surface area contributed by atoms with Crippen molar-refractivity contribution < 1.29 is 0 Å². The number of hydrogen-bond acceptors (Lipinski definition) is 1. The predicted octanol–water partition coefficient (Wildman–Crippen LogP) is 3.81. The largest absolute Gasteiger partial charge is 0.345 e. The summed E-state index contributed by atoms with van der Waals surface area (Å²) in [6.45, 7) is 0. The monoisotopic (exact) mass is 242 g/mol. The number of imidazole rings is 1. The summed E-state index contributed by atoms with van der Waals surface area (Å²) in [5.41, 5.74) is 4.31. The molecule has 1 N–H and O–H groups in total. The van der Waals surface area contributed by atoms with E-state index < -0.39 is 0 Å². The van der Waals surface area contributed by atoms with Gasteiger partial charge in [0.2, 0.25) is 0 Å². The zero-order chi connectivity index (χ0) is 11.7. The second-order valence-electron chi connectivity index (χ2n) is 3.99. The minimum absolute atomic E-state index is 0.772. The molecule has 0 aliphatic heterocycles. The summed E-state index contributed by atoms with van der Waals surface area (Å²) in [6.07, 6.45) is 2.51. The quantitative estimate of drug-likeness (QED) is 0.727. The van der Waals surface area contributed by atoms with E-state index in [2.05, 4.69) is 22.1 Å². The van der Waals surface area contributed by atoms with Crippen molar-refractivity contribution in [1.82, 2.24) is 9.97 Å². The number of hydrogen-bond donors (Lipinski definition) is 1. The van der Waals surface area contributed by atoms with E-state index in [1.54, 1.807) is 6.33 Å². The van der Waals surface area contributed by atoms with Crippen molar-refractivity contribution in [3.63, 3.8) is 0 Å². The Balaban J connectivity index is 2.10. The molecule has 0 atom stereocenters. The molecule has 2 aromatic carbocycles. The molecule has 0 bridgehead atoms. The molecule has 0 spiro atoms. The second-order valence-corrected chi connectivity index (χ2v) is 4.39. The summed E-state index contributed by atoms with van der Waals surface area (Å²) < 4.78 is 0. The van der Waals surface area contributed by atoms with Gasteiger partial charge in [-0.1, -0.05) is 41.9 Å². The Kier molecular flexibility index (Phi) is 2.57. The molecule has 3 heteroatoms. The molecule has 3 aromatic rings. The molecule has 0 amide bonds. The minimum atomic E-state index is 0.772. The summed E-state index contributed by atoms with van der Waals surface area (Å²) in [5.74, 6) is 0. The lowest BCUT2D eigenvalue weighted by atomic mass is 10.0. The Morgan fingerprint density at radius 1 is 1.06 bits per heavy atom. The van der Waals surface area contributed by atoms with E-state index in [4.69, 9.17) is 11.6 Å². The van der Waals surface area contributed by atoms with Gasteiger partial charge in [-0.25, -0.2) is 4.98 Å². The number of fused-ring (bicyclic) bond motifs is 1. The summed E-state index contributed by atoms with van der Waals surface area (Å²) in [7, 11) is 0. The van der Waals surface area contributed by atoms with Crippen LogP contribution in [0, 0.1) is 0 Å².